The first-order valence-corrected chi connectivity index (χ1v) is 27.8. The van der Waals surface area contributed by atoms with Crippen LogP contribution in [0, 0.1) is 11.8 Å². The minimum absolute atomic E-state index is 0.000133. The van der Waals surface area contributed by atoms with Crippen LogP contribution in [0.15, 0.2) is 42.1 Å². The van der Waals surface area contributed by atoms with Crippen molar-refractivity contribution in [2.24, 2.45) is 17.6 Å². The number of allylic oxidation sites excluding steroid dienone is 1. The molecule has 11 atom stereocenters. The number of aromatic nitrogens is 1. The smallest absolute Gasteiger partial charge is 0.407 e. The highest BCUT2D eigenvalue weighted by Crippen LogP contribution is 2.59. The third kappa shape index (κ3) is 15.9. The molecule has 2 aromatic rings. The highest BCUT2D eigenvalue weighted by Gasteiger charge is 2.72. The number of likely N-dealkylation sites (tertiary alicyclic amines) is 1. The van der Waals surface area contributed by atoms with Gasteiger partial charge in [-0.15, -0.1) is 0 Å². The maximum absolute atomic E-state index is 14.0. The number of amides is 9. The van der Waals surface area contributed by atoms with Crippen LogP contribution < -0.4 is 43.0 Å². The Hall–Kier alpha value is -6.24. The van der Waals surface area contributed by atoms with E-state index in [1.807, 2.05) is 58.2 Å². The fraction of sp³-hybridized carbons (Fsp3) is 0.642. The summed E-state index contributed by atoms with van der Waals surface area (Å²) in [5, 5.41) is 19.1. The Morgan fingerprint density at radius 1 is 0.896 bits per heavy atom. The number of nitrogens with zero attached hydrogens (tertiary/aromatic N) is 1. The lowest BCUT2D eigenvalue weighted by Gasteiger charge is -2.42. The molecular formula is C53H78N10O13S. The van der Waals surface area contributed by atoms with E-state index in [-0.39, 0.29) is 43.7 Å². The first-order chi connectivity index (χ1) is 36.6. The lowest BCUT2D eigenvalue weighted by Crippen LogP contribution is -2.58. The van der Waals surface area contributed by atoms with Crippen LogP contribution in [0.5, 0.6) is 0 Å². The van der Waals surface area contributed by atoms with E-state index in [2.05, 4.69) is 55.2 Å². The molecule has 10 N–H and O–H groups in total. The molecule has 3 saturated heterocycles. The number of fused-ring (bicyclic) bond motifs is 1. The number of alkyl carbamates (subject to hydrolysis) is 1. The maximum atomic E-state index is 14.0. The third-order valence-electron chi connectivity index (χ3n) is 14.7. The fourth-order valence-electron chi connectivity index (χ4n) is 10.6. The molecule has 1 unspecified atom stereocenters. The molecule has 9 amide bonds. The third-order valence-corrected chi connectivity index (χ3v) is 15.3. The number of para-hydroxylation sites is 1. The van der Waals surface area contributed by atoms with Crippen molar-refractivity contribution in [3.05, 3.63) is 47.7 Å². The molecule has 3 aliphatic heterocycles. The van der Waals surface area contributed by atoms with E-state index in [0.29, 0.717) is 43.6 Å². The van der Waals surface area contributed by atoms with Crippen LogP contribution in [-0.2, 0) is 63.7 Å². The van der Waals surface area contributed by atoms with Crippen molar-refractivity contribution in [3.63, 3.8) is 0 Å². The summed E-state index contributed by atoms with van der Waals surface area (Å²) in [6.45, 7) is 10.6. The molecule has 1 aromatic heterocycles. The Morgan fingerprint density at radius 2 is 1.61 bits per heavy atom. The predicted molar refractivity (Wildman–Crippen MR) is 286 cm³/mol. The number of rotatable bonds is 27. The summed E-state index contributed by atoms with van der Waals surface area (Å²) < 4.78 is 24.2. The van der Waals surface area contributed by atoms with Crippen LogP contribution in [0.2, 0.25) is 0 Å². The molecule has 6 rings (SSSR count). The number of primary amides is 1. The summed E-state index contributed by atoms with van der Waals surface area (Å²) in [5.41, 5.74) is 6.89. The van der Waals surface area contributed by atoms with Gasteiger partial charge in [-0.3, -0.25) is 38.4 Å². The van der Waals surface area contributed by atoms with Gasteiger partial charge in [-0.25, -0.2) is 4.79 Å². The van der Waals surface area contributed by atoms with Crippen molar-refractivity contribution >= 4 is 76.0 Å². The molecule has 1 saturated carbocycles. The molecule has 23 nitrogen and oxygen atoms in total. The Balaban J connectivity index is 1.02. The van der Waals surface area contributed by atoms with Crippen molar-refractivity contribution in [1.29, 1.82) is 0 Å². The number of benzene rings is 1. The van der Waals surface area contributed by atoms with Crippen molar-refractivity contribution in [3.8, 4) is 0 Å². The average molecular weight is 1100 g/mol. The number of epoxide rings is 2. The maximum Gasteiger partial charge on any atom is 0.407 e. The van der Waals surface area contributed by atoms with Gasteiger partial charge in [0, 0.05) is 37.2 Å². The van der Waals surface area contributed by atoms with Gasteiger partial charge in [0.05, 0.1) is 31.7 Å². The Labute approximate surface area is 453 Å². The molecule has 0 radical (unpaired) electrons. The van der Waals surface area contributed by atoms with Crippen LogP contribution in [0.1, 0.15) is 92.1 Å². The van der Waals surface area contributed by atoms with Gasteiger partial charge >= 0.3 is 6.09 Å². The van der Waals surface area contributed by atoms with Gasteiger partial charge in [0.1, 0.15) is 60.2 Å². The number of methoxy groups -OCH3 is 1. The lowest BCUT2D eigenvalue weighted by atomic mass is 9.68. The van der Waals surface area contributed by atoms with Crippen molar-refractivity contribution in [2.75, 3.05) is 51.9 Å². The molecule has 1 aliphatic carbocycles. The largest absolute Gasteiger partial charge is 0.443 e. The van der Waals surface area contributed by atoms with E-state index in [1.54, 1.807) is 13.3 Å². The molecule has 4 heterocycles. The van der Waals surface area contributed by atoms with E-state index < -0.39 is 127 Å². The molecule has 424 valence electrons. The number of thioether (sulfide) groups is 1. The van der Waals surface area contributed by atoms with Crippen LogP contribution in [0.4, 0.5) is 4.79 Å². The van der Waals surface area contributed by atoms with Gasteiger partial charge in [0.15, 0.2) is 0 Å². The Morgan fingerprint density at radius 3 is 2.29 bits per heavy atom. The Bertz CT molecular complexity index is 2510. The normalized spacial score (nSPS) is 24.8. The van der Waals surface area contributed by atoms with Crippen molar-refractivity contribution in [1.82, 2.24) is 47.1 Å². The number of hydrogen-bond donors (Lipinski definition) is 9. The molecule has 4 aliphatic rings. The standard InChI is InChI=1S/C53H78N10O13S/c1-29(2)15-16-40-52(6,76-40)45-44(73-7)39(17-19-53(45)28-74-53)75-51(72)58-27-43(66)63-20-11-14-38(63)50(71)62-36(22-30(3)4)47(68)57-26-42(65)60-35(18-21-77-8)48(69)61-37(23-32-24-55-34-13-10-9-12-33(32)34)49(70)59-31(5)46(67)56-25-41(54)64/h9-10,12-13,15,24,30-31,35-40,44-45,55H,11,14,16-23,25-28H2,1-8H3,(H2,54,64)(H,56,67)(H,57,68)(H,58,72)(H,59,70)(H,60,65)(H,61,69)(H,62,71)/t31-,35-,36-,37-,38?,39+,40+,44+,45+,52-,53-/m0/s1. The fourth-order valence-corrected chi connectivity index (χ4v) is 11.0. The van der Waals surface area contributed by atoms with Crippen molar-refractivity contribution < 1.29 is 62.1 Å². The number of aromatic amines is 1. The van der Waals surface area contributed by atoms with E-state index in [4.69, 9.17) is 24.7 Å². The number of carbonyl (C=O) groups excluding carboxylic acids is 9. The Kier molecular flexibility index (Phi) is 20.9. The van der Waals surface area contributed by atoms with Crippen molar-refractivity contribution in [2.45, 2.75) is 153 Å². The predicted octanol–water partition coefficient (Wildman–Crippen LogP) is 0.980. The summed E-state index contributed by atoms with van der Waals surface area (Å²) in [4.78, 5) is 124. The second kappa shape index (κ2) is 26.9. The summed E-state index contributed by atoms with van der Waals surface area (Å²) in [7, 11) is 1.58. The highest BCUT2D eigenvalue weighted by atomic mass is 32.2. The summed E-state index contributed by atoms with van der Waals surface area (Å²) >= 11 is 1.42. The molecule has 1 aromatic carbocycles. The molecule has 77 heavy (non-hydrogen) atoms. The van der Waals surface area contributed by atoms with E-state index in [1.165, 1.54) is 29.2 Å². The monoisotopic (exact) mass is 1090 g/mol. The quantitative estimate of drug-likeness (QED) is 0.0445. The number of H-pyrrole nitrogens is 1. The van der Waals surface area contributed by atoms with Gasteiger partial charge in [0.25, 0.3) is 0 Å². The van der Waals surface area contributed by atoms with Crippen LogP contribution >= 0.6 is 11.8 Å². The second-order valence-electron chi connectivity index (χ2n) is 21.3. The summed E-state index contributed by atoms with van der Waals surface area (Å²) in [5.74, 6) is -5.15. The SMILES string of the molecule is CO[C@@H]1[C@H](OC(=O)NCC(=O)N2CCCC2C(=O)N[C@@H](CC(C)C)C(=O)NCC(=O)N[C@@H](CCSC)C(=O)N[C@@H](Cc2c[nH]c3ccccc23)C(=O)N[C@@H](C)C(=O)NCC(N)=O)CC[C@]2(CO2)[C@H]1[C@@]1(C)O[C@@H]1CC=C(C)C. The van der Waals surface area contributed by atoms with Crippen LogP contribution in [-0.4, -0.2) is 175 Å². The minimum atomic E-state index is -1.23. The van der Waals surface area contributed by atoms with Crippen LogP contribution in [0.25, 0.3) is 10.9 Å². The topological polar surface area (TPSA) is 326 Å². The first kappa shape index (κ1) is 60.0. The number of nitrogens with one attached hydrogen (secondary N) is 8. The van der Waals surface area contributed by atoms with E-state index in [0.717, 1.165) is 17.3 Å². The number of hydrogen-bond acceptors (Lipinski definition) is 14. The zero-order valence-electron chi connectivity index (χ0n) is 45.4. The second-order valence-corrected chi connectivity index (χ2v) is 22.3. The number of carbonyl (C=O) groups is 9. The minimum Gasteiger partial charge on any atom is -0.443 e. The molecular weight excluding hydrogens is 1020 g/mol. The highest BCUT2D eigenvalue weighted by molar-refractivity contribution is 7.98. The van der Waals surface area contributed by atoms with Gasteiger partial charge in [-0.05, 0) is 102 Å². The summed E-state index contributed by atoms with van der Waals surface area (Å²) in [6.07, 6.45) is 6.74. The van der Waals surface area contributed by atoms with Gasteiger partial charge in [-0.2, -0.15) is 11.8 Å². The molecule has 24 heteroatoms. The van der Waals surface area contributed by atoms with E-state index in [9.17, 15) is 43.2 Å². The zero-order chi connectivity index (χ0) is 56.2. The summed E-state index contributed by atoms with van der Waals surface area (Å²) in [6, 6.07) is 1.85. The average Bonchev–Trinajstić information content (AvgIpc) is 4.22. The number of nitrogens with two attached hydrogens (primary N) is 1. The zero-order valence-corrected chi connectivity index (χ0v) is 46.2. The van der Waals surface area contributed by atoms with Gasteiger partial charge in [0.2, 0.25) is 47.3 Å². The lowest BCUT2D eigenvalue weighted by molar-refractivity contribution is -0.139. The first-order valence-electron chi connectivity index (χ1n) is 26.4. The number of ether oxygens (including phenoxy) is 4. The van der Waals surface area contributed by atoms with Gasteiger partial charge < -0.3 is 71.8 Å². The molecule has 4 fully saturated rings. The molecule has 1 spiro atoms. The van der Waals surface area contributed by atoms with E-state index >= 15 is 0 Å². The van der Waals surface area contributed by atoms with Gasteiger partial charge in [-0.1, -0.05) is 43.7 Å². The molecule has 0 bridgehead atoms. The van der Waals surface area contributed by atoms with Crippen LogP contribution in [0.3, 0.4) is 0 Å².